The quantitative estimate of drug-likeness (QED) is 0.716. The van der Waals surface area contributed by atoms with Crippen molar-refractivity contribution >= 4 is 26.0 Å². The minimum Gasteiger partial charge on any atom is -0.465 e. The van der Waals surface area contributed by atoms with Gasteiger partial charge < -0.3 is 9.32 Å². The molecule has 0 atom stereocenters. The van der Waals surface area contributed by atoms with Crippen molar-refractivity contribution in [1.82, 2.24) is 9.21 Å². The number of hydrogen-bond acceptors (Lipinski definition) is 4. The molecule has 1 heterocycles. The van der Waals surface area contributed by atoms with E-state index in [1.54, 1.807) is 24.3 Å². The summed E-state index contributed by atoms with van der Waals surface area (Å²) in [5, 5.41) is 0. The van der Waals surface area contributed by atoms with Gasteiger partial charge in [0.2, 0.25) is 10.0 Å². The molecule has 126 valence electrons. The molecule has 0 unspecified atom stereocenters. The van der Waals surface area contributed by atoms with Crippen molar-refractivity contribution in [2.45, 2.75) is 18.4 Å². The van der Waals surface area contributed by atoms with Gasteiger partial charge in [-0.25, -0.2) is 8.42 Å². The van der Waals surface area contributed by atoms with E-state index in [0.717, 1.165) is 5.76 Å². The third-order valence-electron chi connectivity index (χ3n) is 3.38. The highest BCUT2D eigenvalue weighted by molar-refractivity contribution is 9.10. The maximum Gasteiger partial charge on any atom is 0.244 e. The van der Waals surface area contributed by atoms with Gasteiger partial charge in [0.15, 0.2) is 0 Å². The molecule has 0 saturated heterocycles. The van der Waals surface area contributed by atoms with Crippen LogP contribution in [0.4, 0.5) is 0 Å². The Hall–Kier alpha value is -1.15. The summed E-state index contributed by atoms with van der Waals surface area (Å²) >= 11 is 3.33. The molecule has 7 heteroatoms. The maximum absolute atomic E-state index is 13.0. The fourth-order valence-corrected chi connectivity index (χ4v) is 4.49. The Bertz CT molecular complexity index is 756. The Labute approximate surface area is 146 Å². The first-order chi connectivity index (χ1) is 10.8. The Morgan fingerprint density at radius 1 is 1.09 bits per heavy atom. The zero-order chi connectivity index (χ0) is 17.0. The normalized spacial score (nSPS) is 12.3. The van der Waals surface area contributed by atoms with E-state index < -0.39 is 10.0 Å². The minimum atomic E-state index is -3.62. The fourth-order valence-electron chi connectivity index (χ4n) is 2.13. The smallest absolute Gasteiger partial charge is 0.244 e. The summed E-state index contributed by atoms with van der Waals surface area (Å²) in [6.45, 7) is 3.07. The average Bonchev–Trinajstić information content (AvgIpc) is 2.88. The summed E-state index contributed by atoms with van der Waals surface area (Å²) in [4.78, 5) is 2.22. The van der Waals surface area contributed by atoms with Crippen LogP contribution in [0.5, 0.6) is 0 Å². The molecule has 0 aliphatic heterocycles. The lowest BCUT2D eigenvalue weighted by Gasteiger charge is -2.23. The number of hydrogen-bond donors (Lipinski definition) is 0. The van der Waals surface area contributed by atoms with Gasteiger partial charge in [0.05, 0.1) is 11.4 Å². The molecule has 2 aromatic rings. The van der Waals surface area contributed by atoms with Gasteiger partial charge in [-0.2, -0.15) is 4.31 Å². The number of rotatable bonds is 7. The third-order valence-corrected chi connectivity index (χ3v) is 6.24. The first-order valence-electron chi connectivity index (χ1n) is 7.25. The van der Waals surface area contributed by atoms with Crippen LogP contribution in [0.2, 0.25) is 0 Å². The van der Waals surface area contributed by atoms with Crippen molar-refractivity contribution in [2.24, 2.45) is 0 Å². The predicted molar refractivity (Wildman–Crippen MR) is 93.7 cm³/mol. The molecule has 0 aliphatic rings. The number of sulfonamides is 1. The van der Waals surface area contributed by atoms with E-state index in [-0.39, 0.29) is 11.4 Å². The van der Waals surface area contributed by atoms with Crippen LogP contribution >= 0.6 is 15.9 Å². The number of aryl methyl sites for hydroxylation is 1. The molecule has 0 spiro atoms. The molecule has 0 N–H and O–H groups in total. The molecular weight excluding hydrogens is 380 g/mol. The van der Waals surface area contributed by atoms with E-state index >= 15 is 0 Å². The van der Waals surface area contributed by atoms with Crippen LogP contribution in [0, 0.1) is 6.92 Å². The van der Waals surface area contributed by atoms with Gasteiger partial charge in [-0.15, -0.1) is 0 Å². The summed E-state index contributed by atoms with van der Waals surface area (Å²) < 4.78 is 33.6. The van der Waals surface area contributed by atoms with Gasteiger partial charge in [-0.1, -0.05) is 12.1 Å². The SMILES string of the molecule is Cc1ccc(CN(CCN(C)C)S(=O)(=O)c2ccccc2Br)o1. The van der Waals surface area contributed by atoms with Crippen LogP contribution < -0.4 is 0 Å². The van der Waals surface area contributed by atoms with Gasteiger partial charge in [0.25, 0.3) is 0 Å². The van der Waals surface area contributed by atoms with E-state index in [1.807, 2.05) is 38.1 Å². The van der Waals surface area contributed by atoms with Gasteiger partial charge in [-0.05, 0) is 61.2 Å². The van der Waals surface area contributed by atoms with Crippen LogP contribution in [0.15, 0.2) is 50.2 Å². The molecule has 0 aliphatic carbocycles. The van der Waals surface area contributed by atoms with Crippen LogP contribution in [0.1, 0.15) is 11.5 Å². The number of furan rings is 1. The Morgan fingerprint density at radius 3 is 2.35 bits per heavy atom. The Kier molecular flexibility index (Phi) is 6.02. The van der Waals surface area contributed by atoms with Gasteiger partial charge >= 0.3 is 0 Å². The van der Waals surface area contributed by atoms with Crippen molar-refractivity contribution in [2.75, 3.05) is 27.2 Å². The Morgan fingerprint density at radius 2 is 1.78 bits per heavy atom. The van der Waals surface area contributed by atoms with E-state index in [2.05, 4.69) is 15.9 Å². The number of benzene rings is 1. The molecule has 2 rings (SSSR count). The zero-order valence-corrected chi connectivity index (χ0v) is 15.9. The first-order valence-corrected chi connectivity index (χ1v) is 9.49. The summed E-state index contributed by atoms with van der Waals surface area (Å²) in [5.41, 5.74) is 0. The molecular formula is C16H21BrN2O3S. The van der Waals surface area contributed by atoms with Crippen LogP contribution in [-0.2, 0) is 16.6 Å². The van der Waals surface area contributed by atoms with E-state index in [0.29, 0.717) is 23.3 Å². The van der Waals surface area contributed by atoms with Crippen LogP contribution in [-0.4, -0.2) is 44.8 Å². The highest BCUT2D eigenvalue weighted by Gasteiger charge is 2.27. The lowest BCUT2D eigenvalue weighted by molar-refractivity contribution is 0.310. The molecule has 23 heavy (non-hydrogen) atoms. The lowest BCUT2D eigenvalue weighted by atomic mass is 10.4. The molecule has 0 saturated carbocycles. The highest BCUT2D eigenvalue weighted by atomic mass is 79.9. The van der Waals surface area contributed by atoms with E-state index in [9.17, 15) is 8.42 Å². The van der Waals surface area contributed by atoms with E-state index in [4.69, 9.17) is 4.42 Å². The average molecular weight is 401 g/mol. The molecule has 0 fully saturated rings. The van der Waals surface area contributed by atoms with Crippen LogP contribution in [0.25, 0.3) is 0 Å². The molecule has 0 bridgehead atoms. The summed E-state index contributed by atoms with van der Waals surface area (Å²) in [6, 6.07) is 10.5. The Balaban J connectivity index is 2.33. The topological polar surface area (TPSA) is 53.8 Å². The molecule has 0 radical (unpaired) electrons. The maximum atomic E-state index is 13.0. The van der Waals surface area contributed by atoms with Crippen molar-refractivity contribution < 1.29 is 12.8 Å². The summed E-state index contributed by atoms with van der Waals surface area (Å²) in [6.07, 6.45) is 0. The predicted octanol–water partition coefficient (Wildman–Crippen LogP) is 3.10. The second kappa shape index (κ2) is 7.61. The lowest BCUT2D eigenvalue weighted by Crippen LogP contribution is -2.36. The summed E-state index contributed by atoms with van der Waals surface area (Å²) in [7, 11) is 0.217. The molecule has 5 nitrogen and oxygen atoms in total. The van der Waals surface area contributed by atoms with Crippen molar-refractivity contribution in [3.8, 4) is 0 Å². The second-order valence-electron chi connectivity index (χ2n) is 5.58. The highest BCUT2D eigenvalue weighted by Crippen LogP contribution is 2.26. The molecule has 1 aromatic heterocycles. The molecule has 1 aromatic carbocycles. The fraction of sp³-hybridized carbons (Fsp3) is 0.375. The van der Waals surface area contributed by atoms with Crippen molar-refractivity contribution in [3.05, 3.63) is 52.4 Å². The monoisotopic (exact) mass is 400 g/mol. The third kappa shape index (κ3) is 4.67. The van der Waals surface area contributed by atoms with Crippen LogP contribution in [0.3, 0.4) is 0 Å². The van der Waals surface area contributed by atoms with Crippen molar-refractivity contribution in [3.63, 3.8) is 0 Å². The van der Waals surface area contributed by atoms with Gasteiger partial charge in [0, 0.05) is 17.6 Å². The number of nitrogens with zero attached hydrogens (tertiary/aromatic N) is 2. The van der Waals surface area contributed by atoms with Gasteiger partial charge in [-0.3, -0.25) is 0 Å². The van der Waals surface area contributed by atoms with Gasteiger partial charge in [0.1, 0.15) is 11.5 Å². The summed E-state index contributed by atoms with van der Waals surface area (Å²) in [5.74, 6) is 1.41. The second-order valence-corrected chi connectivity index (χ2v) is 8.35. The number of halogens is 1. The first kappa shape index (κ1) is 18.2. The standard InChI is InChI=1S/C16H21BrN2O3S/c1-13-8-9-14(22-13)12-19(11-10-18(2)3)23(20,21)16-7-5-4-6-15(16)17/h4-9H,10-12H2,1-3H3. The van der Waals surface area contributed by atoms with Crippen molar-refractivity contribution in [1.29, 1.82) is 0 Å². The largest absolute Gasteiger partial charge is 0.465 e. The molecule has 0 amide bonds. The van der Waals surface area contributed by atoms with E-state index in [1.165, 1.54) is 4.31 Å². The number of likely N-dealkylation sites (N-methyl/N-ethyl adjacent to an activating group) is 1. The zero-order valence-electron chi connectivity index (χ0n) is 13.5. The minimum absolute atomic E-state index is 0.214.